The summed E-state index contributed by atoms with van der Waals surface area (Å²) in [6.07, 6.45) is 0.787. The molecule has 1 aliphatic rings. The monoisotopic (exact) mass is 223 g/mol. The summed E-state index contributed by atoms with van der Waals surface area (Å²) in [5, 5.41) is 0. The van der Waals surface area contributed by atoms with Gasteiger partial charge in [0.25, 0.3) is 0 Å². The van der Waals surface area contributed by atoms with Gasteiger partial charge in [-0.05, 0) is 12.5 Å². The minimum atomic E-state index is -0.0925. The fraction of sp³-hybridized carbons (Fsp3) is 0.500. The lowest BCUT2D eigenvalue weighted by Crippen LogP contribution is -2.23. The van der Waals surface area contributed by atoms with Crippen molar-refractivity contribution in [2.75, 3.05) is 20.8 Å². The molecule has 1 aromatic rings. The average Bonchev–Trinajstić information content (AvgIpc) is 2.74. The van der Waals surface area contributed by atoms with E-state index in [4.69, 9.17) is 19.9 Å². The summed E-state index contributed by atoms with van der Waals surface area (Å²) in [6.45, 7) is 0.701. The molecule has 1 saturated heterocycles. The Kier molecular flexibility index (Phi) is 3.31. The Balaban J connectivity index is 2.39. The van der Waals surface area contributed by atoms with E-state index in [1.807, 2.05) is 18.2 Å². The second-order valence-corrected chi connectivity index (χ2v) is 3.83. The molecule has 1 fully saturated rings. The predicted molar refractivity (Wildman–Crippen MR) is 60.8 cm³/mol. The molecule has 2 rings (SSSR count). The van der Waals surface area contributed by atoms with Gasteiger partial charge in [-0.1, -0.05) is 12.1 Å². The van der Waals surface area contributed by atoms with Crippen molar-refractivity contribution in [1.29, 1.82) is 0 Å². The number of benzene rings is 1. The molecule has 0 aliphatic carbocycles. The van der Waals surface area contributed by atoms with Gasteiger partial charge in [0.05, 0.1) is 14.2 Å². The first-order chi connectivity index (χ1) is 7.77. The van der Waals surface area contributed by atoms with Crippen molar-refractivity contribution < 1.29 is 14.2 Å². The first-order valence-electron chi connectivity index (χ1n) is 5.36. The Morgan fingerprint density at radius 3 is 2.69 bits per heavy atom. The third kappa shape index (κ3) is 1.86. The second-order valence-electron chi connectivity index (χ2n) is 3.83. The average molecular weight is 223 g/mol. The Morgan fingerprint density at radius 1 is 1.31 bits per heavy atom. The van der Waals surface area contributed by atoms with Crippen LogP contribution in [0.25, 0.3) is 0 Å². The number of para-hydroxylation sites is 1. The van der Waals surface area contributed by atoms with Crippen LogP contribution in [0.2, 0.25) is 0 Å². The van der Waals surface area contributed by atoms with Crippen molar-refractivity contribution >= 4 is 0 Å². The fourth-order valence-corrected chi connectivity index (χ4v) is 2.06. The summed E-state index contributed by atoms with van der Waals surface area (Å²) in [5.41, 5.74) is 6.97. The zero-order valence-corrected chi connectivity index (χ0v) is 9.60. The molecule has 0 spiro atoms. The molecule has 0 amide bonds. The third-order valence-corrected chi connectivity index (χ3v) is 2.88. The molecule has 1 heterocycles. The topological polar surface area (TPSA) is 53.7 Å². The van der Waals surface area contributed by atoms with Crippen molar-refractivity contribution in [2.24, 2.45) is 5.73 Å². The largest absolute Gasteiger partial charge is 0.493 e. The zero-order valence-electron chi connectivity index (χ0n) is 9.60. The molecular weight excluding hydrogens is 206 g/mol. The maximum absolute atomic E-state index is 6.00. The highest BCUT2D eigenvalue weighted by molar-refractivity contribution is 5.48. The zero-order chi connectivity index (χ0) is 11.5. The molecular formula is C12H17NO3. The van der Waals surface area contributed by atoms with Gasteiger partial charge in [0.1, 0.15) is 6.10 Å². The van der Waals surface area contributed by atoms with E-state index in [9.17, 15) is 0 Å². The van der Waals surface area contributed by atoms with Crippen LogP contribution >= 0.6 is 0 Å². The molecule has 2 atom stereocenters. The minimum absolute atomic E-state index is 0.0287. The lowest BCUT2D eigenvalue weighted by Gasteiger charge is -2.19. The van der Waals surface area contributed by atoms with Crippen LogP contribution in [0.15, 0.2) is 18.2 Å². The molecule has 0 saturated carbocycles. The number of rotatable bonds is 3. The maximum Gasteiger partial charge on any atom is 0.166 e. The van der Waals surface area contributed by atoms with Gasteiger partial charge >= 0.3 is 0 Å². The van der Waals surface area contributed by atoms with Crippen molar-refractivity contribution in [2.45, 2.75) is 18.6 Å². The fourth-order valence-electron chi connectivity index (χ4n) is 2.06. The van der Waals surface area contributed by atoms with Crippen molar-refractivity contribution in [3.05, 3.63) is 23.8 Å². The SMILES string of the molecule is COc1cccc(C2OCCC2N)c1OC. The minimum Gasteiger partial charge on any atom is -0.493 e. The van der Waals surface area contributed by atoms with Gasteiger partial charge < -0.3 is 19.9 Å². The van der Waals surface area contributed by atoms with Gasteiger partial charge in [-0.25, -0.2) is 0 Å². The number of ether oxygens (including phenoxy) is 3. The van der Waals surface area contributed by atoms with E-state index in [-0.39, 0.29) is 12.1 Å². The third-order valence-electron chi connectivity index (χ3n) is 2.88. The molecule has 1 aliphatic heterocycles. The van der Waals surface area contributed by atoms with E-state index in [1.165, 1.54) is 0 Å². The molecule has 0 radical (unpaired) electrons. The summed E-state index contributed by atoms with van der Waals surface area (Å²) in [4.78, 5) is 0. The quantitative estimate of drug-likeness (QED) is 0.843. The first-order valence-corrected chi connectivity index (χ1v) is 5.36. The molecule has 16 heavy (non-hydrogen) atoms. The summed E-state index contributed by atoms with van der Waals surface area (Å²) in [7, 11) is 3.25. The van der Waals surface area contributed by atoms with Crippen LogP contribution in [0.5, 0.6) is 11.5 Å². The number of methoxy groups -OCH3 is 2. The Morgan fingerprint density at radius 2 is 2.12 bits per heavy atom. The van der Waals surface area contributed by atoms with Crippen molar-refractivity contribution in [1.82, 2.24) is 0 Å². The van der Waals surface area contributed by atoms with Gasteiger partial charge in [-0.3, -0.25) is 0 Å². The van der Waals surface area contributed by atoms with Gasteiger partial charge in [-0.15, -0.1) is 0 Å². The lowest BCUT2D eigenvalue weighted by molar-refractivity contribution is 0.102. The highest BCUT2D eigenvalue weighted by Gasteiger charge is 2.29. The number of nitrogens with two attached hydrogens (primary N) is 1. The van der Waals surface area contributed by atoms with Gasteiger partial charge in [0.15, 0.2) is 11.5 Å². The molecule has 88 valence electrons. The van der Waals surface area contributed by atoms with E-state index in [0.29, 0.717) is 18.1 Å². The highest BCUT2D eigenvalue weighted by atomic mass is 16.5. The van der Waals surface area contributed by atoms with Crippen LogP contribution < -0.4 is 15.2 Å². The molecule has 2 unspecified atom stereocenters. The van der Waals surface area contributed by atoms with E-state index in [2.05, 4.69) is 0 Å². The summed E-state index contributed by atoms with van der Waals surface area (Å²) >= 11 is 0. The standard InChI is InChI=1S/C12H17NO3/c1-14-10-5-3-4-8(12(10)15-2)11-9(13)6-7-16-11/h3-5,9,11H,6-7,13H2,1-2H3. The summed E-state index contributed by atoms with van der Waals surface area (Å²) in [6, 6.07) is 5.78. The Labute approximate surface area is 95.3 Å². The van der Waals surface area contributed by atoms with E-state index < -0.39 is 0 Å². The molecule has 4 nitrogen and oxygen atoms in total. The Hall–Kier alpha value is -1.26. The Bertz CT molecular complexity index is 367. The van der Waals surface area contributed by atoms with Crippen molar-refractivity contribution in [3.63, 3.8) is 0 Å². The molecule has 0 bridgehead atoms. The van der Waals surface area contributed by atoms with Crippen LogP contribution in [0, 0.1) is 0 Å². The number of hydrogen-bond donors (Lipinski definition) is 1. The molecule has 4 heteroatoms. The van der Waals surface area contributed by atoms with Gasteiger partial charge in [-0.2, -0.15) is 0 Å². The smallest absolute Gasteiger partial charge is 0.166 e. The first kappa shape index (κ1) is 11.2. The van der Waals surface area contributed by atoms with Crippen LogP contribution in [0.3, 0.4) is 0 Å². The maximum atomic E-state index is 6.00. The lowest BCUT2D eigenvalue weighted by atomic mass is 10.0. The predicted octanol–water partition coefficient (Wildman–Crippen LogP) is 1.49. The second kappa shape index (κ2) is 4.72. The molecule has 2 N–H and O–H groups in total. The van der Waals surface area contributed by atoms with Gasteiger partial charge in [0, 0.05) is 18.2 Å². The van der Waals surface area contributed by atoms with E-state index >= 15 is 0 Å². The summed E-state index contributed by atoms with van der Waals surface area (Å²) in [5.74, 6) is 1.43. The molecule has 0 aromatic heterocycles. The highest BCUT2D eigenvalue weighted by Crippen LogP contribution is 2.39. The number of hydrogen-bond acceptors (Lipinski definition) is 4. The van der Waals surface area contributed by atoms with Gasteiger partial charge in [0.2, 0.25) is 0 Å². The van der Waals surface area contributed by atoms with E-state index in [0.717, 1.165) is 12.0 Å². The van der Waals surface area contributed by atoms with Crippen LogP contribution in [0.4, 0.5) is 0 Å². The molecule has 1 aromatic carbocycles. The van der Waals surface area contributed by atoms with Crippen LogP contribution in [-0.2, 0) is 4.74 Å². The van der Waals surface area contributed by atoms with E-state index in [1.54, 1.807) is 14.2 Å². The summed E-state index contributed by atoms with van der Waals surface area (Å²) < 4.78 is 16.3. The van der Waals surface area contributed by atoms with Crippen LogP contribution in [-0.4, -0.2) is 26.9 Å². The van der Waals surface area contributed by atoms with Crippen LogP contribution in [0.1, 0.15) is 18.1 Å². The normalized spacial score (nSPS) is 24.4. The van der Waals surface area contributed by atoms with Crippen molar-refractivity contribution in [3.8, 4) is 11.5 Å².